The number of rotatable bonds is 4. The van der Waals surface area contributed by atoms with Crippen LogP contribution in [-0.4, -0.2) is 13.7 Å². The summed E-state index contributed by atoms with van der Waals surface area (Å²) < 4.78 is 7.27. The fourth-order valence-corrected chi connectivity index (χ4v) is 9.20. The molecule has 0 radical (unpaired) electrons. The summed E-state index contributed by atoms with van der Waals surface area (Å²) in [6, 6.07) is 73.3. The predicted octanol–water partition coefficient (Wildman–Crippen LogP) is 13.8. The van der Waals surface area contributed by atoms with Crippen LogP contribution in [0.15, 0.2) is 200 Å². The zero-order valence-corrected chi connectivity index (χ0v) is 29.9. The van der Waals surface area contributed by atoms with Crippen LogP contribution in [0.25, 0.3) is 104 Å². The van der Waals surface area contributed by atoms with E-state index in [1.807, 2.05) is 0 Å². The first-order chi connectivity index (χ1) is 27.3. The van der Waals surface area contributed by atoms with E-state index in [4.69, 9.17) is 0 Å². The van der Waals surface area contributed by atoms with Crippen LogP contribution >= 0.6 is 0 Å². The lowest BCUT2D eigenvalue weighted by atomic mass is 10.0. The SMILES string of the molecule is c1ccc(-n2c3ccccc3c3cc(-c4ccc5c6ccccc6n(-c6ccc7c(c6)c6ccccc6n7-c6cccc7ccccc67)c5c4)ccc32)cc1. The molecule has 0 N–H and O–H groups in total. The molecule has 0 saturated heterocycles. The Morgan fingerprint density at radius 3 is 1.49 bits per heavy atom. The molecule has 3 nitrogen and oxygen atoms in total. The van der Waals surface area contributed by atoms with E-state index < -0.39 is 0 Å². The standard InChI is InChI=1S/C52H33N3/c1-2-15-37(16-3-1)53-48-22-10-7-19-41(48)44-31-35(26-29-50(44)53)36-25-28-43-40-18-6-9-21-47(40)54(52(43)32-36)38-27-30-51-45(33-38)42-20-8-11-23-49(42)55(51)46-24-12-14-34-13-4-5-17-39(34)46/h1-33H. The van der Waals surface area contributed by atoms with Gasteiger partial charge in [0.15, 0.2) is 0 Å². The minimum atomic E-state index is 1.15. The Kier molecular flexibility index (Phi) is 6.34. The second-order valence-corrected chi connectivity index (χ2v) is 14.6. The molecule has 0 aliphatic heterocycles. The van der Waals surface area contributed by atoms with E-state index >= 15 is 0 Å². The molecule has 0 spiro atoms. The lowest BCUT2D eigenvalue weighted by Crippen LogP contribution is -1.96. The highest BCUT2D eigenvalue weighted by atomic mass is 15.0. The van der Waals surface area contributed by atoms with Crippen molar-refractivity contribution in [2.75, 3.05) is 0 Å². The van der Waals surface area contributed by atoms with Gasteiger partial charge in [-0.05, 0) is 89.3 Å². The third-order valence-electron chi connectivity index (χ3n) is 11.6. The Balaban J connectivity index is 1.07. The average Bonchev–Trinajstić information content (AvgIpc) is 3.88. The van der Waals surface area contributed by atoms with Crippen LogP contribution in [0.4, 0.5) is 0 Å². The van der Waals surface area contributed by atoms with Crippen LogP contribution < -0.4 is 0 Å². The van der Waals surface area contributed by atoms with Crippen LogP contribution in [0, 0.1) is 0 Å². The minimum absolute atomic E-state index is 1.15. The summed E-state index contributed by atoms with van der Waals surface area (Å²) in [4.78, 5) is 0. The number of hydrogen-bond acceptors (Lipinski definition) is 0. The van der Waals surface area contributed by atoms with Crippen LogP contribution in [0.1, 0.15) is 0 Å². The molecule has 0 aliphatic carbocycles. The molecule has 55 heavy (non-hydrogen) atoms. The van der Waals surface area contributed by atoms with Crippen molar-refractivity contribution in [3.8, 4) is 28.2 Å². The lowest BCUT2D eigenvalue weighted by molar-refractivity contribution is 1.17. The van der Waals surface area contributed by atoms with E-state index in [0.717, 1.165) is 5.69 Å². The van der Waals surface area contributed by atoms with Gasteiger partial charge >= 0.3 is 0 Å². The highest BCUT2D eigenvalue weighted by Crippen LogP contribution is 2.40. The zero-order valence-electron chi connectivity index (χ0n) is 29.9. The number of para-hydroxylation sites is 4. The molecule has 0 unspecified atom stereocenters. The first-order valence-corrected chi connectivity index (χ1v) is 18.9. The molecule has 256 valence electrons. The molecular formula is C52H33N3. The molecule has 12 aromatic rings. The molecule has 0 saturated carbocycles. The molecule has 12 rings (SSSR count). The van der Waals surface area contributed by atoms with Crippen molar-refractivity contribution in [1.82, 2.24) is 13.7 Å². The molecular weight excluding hydrogens is 667 g/mol. The summed E-state index contributed by atoms with van der Waals surface area (Å²) in [7, 11) is 0. The van der Waals surface area contributed by atoms with Crippen LogP contribution in [0.3, 0.4) is 0 Å². The van der Waals surface area contributed by atoms with Gasteiger partial charge in [0.05, 0.1) is 38.8 Å². The fraction of sp³-hybridized carbons (Fsp3) is 0. The minimum Gasteiger partial charge on any atom is -0.309 e. The van der Waals surface area contributed by atoms with Crippen molar-refractivity contribution in [2.45, 2.75) is 0 Å². The maximum absolute atomic E-state index is 2.46. The first-order valence-electron chi connectivity index (χ1n) is 18.9. The molecule has 0 fully saturated rings. The monoisotopic (exact) mass is 699 g/mol. The number of fused-ring (bicyclic) bond motifs is 10. The van der Waals surface area contributed by atoms with Gasteiger partial charge in [-0.15, -0.1) is 0 Å². The number of nitrogens with zero attached hydrogens (tertiary/aromatic N) is 3. The van der Waals surface area contributed by atoms with E-state index in [2.05, 4.69) is 214 Å². The molecule has 9 aromatic carbocycles. The van der Waals surface area contributed by atoms with Gasteiger partial charge in [0.25, 0.3) is 0 Å². The molecule has 0 atom stereocenters. The quantitative estimate of drug-likeness (QED) is 0.174. The van der Waals surface area contributed by atoms with Gasteiger partial charge in [-0.2, -0.15) is 0 Å². The van der Waals surface area contributed by atoms with Crippen LogP contribution in [0.2, 0.25) is 0 Å². The van der Waals surface area contributed by atoms with Crippen molar-refractivity contribution in [2.24, 2.45) is 0 Å². The van der Waals surface area contributed by atoms with E-state index in [9.17, 15) is 0 Å². The highest BCUT2D eigenvalue weighted by Gasteiger charge is 2.19. The maximum Gasteiger partial charge on any atom is 0.0547 e. The Morgan fingerprint density at radius 2 is 0.727 bits per heavy atom. The Morgan fingerprint density at radius 1 is 0.236 bits per heavy atom. The molecule has 0 bridgehead atoms. The fourth-order valence-electron chi connectivity index (χ4n) is 9.20. The van der Waals surface area contributed by atoms with Crippen LogP contribution in [-0.2, 0) is 0 Å². The highest BCUT2D eigenvalue weighted by molar-refractivity contribution is 6.14. The maximum atomic E-state index is 2.46. The third-order valence-corrected chi connectivity index (χ3v) is 11.6. The summed E-state index contributed by atoms with van der Waals surface area (Å²) in [5.41, 5.74) is 13.2. The smallest absolute Gasteiger partial charge is 0.0547 e. The Hall–Kier alpha value is -7.36. The van der Waals surface area contributed by atoms with E-state index in [-0.39, 0.29) is 0 Å². The van der Waals surface area contributed by atoms with Gasteiger partial charge in [-0.1, -0.05) is 127 Å². The molecule has 0 aliphatic rings. The van der Waals surface area contributed by atoms with Crippen molar-refractivity contribution >= 4 is 76.2 Å². The molecule has 0 amide bonds. The molecule has 3 aromatic heterocycles. The summed E-state index contributed by atoms with van der Waals surface area (Å²) in [5.74, 6) is 0. The average molecular weight is 700 g/mol. The number of hydrogen-bond donors (Lipinski definition) is 0. The van der Waals surface area contributed by atoms with Gasteiger partial charge in [0, 0.05) is 49.1 Å². The lowest BCUT2D eigenvalue weighted by Gasteiger charge is -2.13. The van der Waals surface area contributed by atoms with Gasteiger partial charge in [0.2, 0.25) is 0 Å². The van der Waals surface area contributed by atoms with Gasteiger partial charge < -0.3 is 13.7 Å². The number of benzene rings is 9. The zero-order chi connectivity index (χ0) is 36.0. The second kappa shape index (κ2) is 11.6. The second-order valence-electron chi connectivity index (χ2n) is 14.6. The summed E-state index contributed by atoms with van der Waals surface area (Å²) in [5, 5.41) is 9.99. The van der Waals surface area contributed by atoms with Gasteiger partial charge in [0.1, 0.15) is 0 Å². The normalized spacial score (nSPS) is 12.0. The Labute approximate surface area is 317 Å². The van der Waals surface area contributed by atoms with Crippen LogP contribution in [0.5, 0.6) is 0 Å². The van der Waals surface area contributed by atoms with Gasteiger partial charge in [-0.25, -0.2) is 0 Å². The van der Waals surface area contributed by atoms with Crippen molar-refractivity contribution in [3.63, 3.8) is 0 Å². The Bertz CT molecular complexity index is 3480. The third kappa shape index (κ3) is 4.38. The van der Waals surface area contributed by atoms with E-state index in [1.54, 1.807) is 0 Å². The number of aromatic nitrogens is 3. The van der Waals surface area contributed by atoms with Crippen molar-refractivity contribution in [3.05, 3.63) is 200 Å². The summed E-state index contributed by atoms with van der Waals surface area (Å²) >= 11 is 0. The topological polar surface area (TPSA) is 14.8 Å². The van der Waals surface area contributed by atoms with Gasteiger partial charge in [-0.3, -0.25) is 0 Å². The molecule has 3 heterocycles. The molecule has 3 heteroatoms. The predicted molar refractivity (Wildman–Crippen MR) is 232 cm³/mol. The largest absolute Gasteiger partial charge is 0.309 e. The van der Waals surface area contributed by atoms with Crippen molar-refractivity contribution in [1.29, 1.82) is 0 Å². The summed E-state index contributed by atoms with van der Waals surface area (Å²) in [6.07, 6.45) is 0. The summed E-state index contributed by atoms with van der Waals surface area (Å²) in [6.45, 7) is 0. The van der Waals surface area contributed by atoms with Crippen molar-refractivity contribution < 1.29 is 0 Å². The first kappa shape index (κ1) is 30.1. The van der Waals surface area contributed by atoms with E-state index in [1.165, 1.54) is 98.7 Å². The van der Waals surface area contributed by atoms with E-state index in [0.29, 0.717) is 0 Å².